The van der Waals surface area contributed by atoms with Crippen molar-refractivity contribution in [2.45, 2.75) is 75.7 Å². The average Bonchev–Trinajstić information content (AvgIpc) is 3.88. The Hall–Kier alpha value is -6.83. The Balaban J connectivity index is 0.000000219. The first-order valence-electron chi connectivity index (χ1n) is 20.6. The first-order chi connectivity index (χ1) is 30.9. The monoisotopic (exact) mass is 940 g/mol. The quantitative estimate of drug-likeness (QED) is 0.0528. The number of phenols is 3. The van der Waals surface area contributed by atoms with Crippen LogP contribution in [0.4, 0.5) is 0 Å². The zero-order chi connectivity index (χ0) is 48.4. The lowest BCUT2D eigenvalue weighted by atomic mass is 9.86. The van der Waals surface area contributed by atoms with Crippen molar-refractivity contribution in [3.05, 3.63) is 120 Å². The minimum atomic E-state index is -3.74. The molecule has 0 aliphatic rings. The molecule has 348 valence electrons. The van der Waals surface area contributed by atoms with Crippen LogP contribution in [0.1, 0.15) is 65.2 Å². The molecule has 7 rings (SSSR count). The standard InChI is InChI=1S/C25H27N3O5S.C22H25N3O6S/c1-25(2,3)20-13-18(33-16-17-7-5-4-6-8-17)14-23(24(20)30)28-26-21-10-9-19(15-22(21)27-28)34(31,32)12-11-29;1-13(2)21(28)31-8-9-32(29,30)15-6-7-17-18(12-15)24-25(23-17)19-11-14(26)10-16(20(19)27)22(3,4)5/h4-10,13-15,29-30H,11-12,16H2,1-3H3;6-7,10-12,26-27H,1,8-9H2,2-5H3. The minimum Gasteiger partial charge on any atom is -0.508 e. The lowest BCUT2D eigenvalue weighted by molar-refractivity contribution is -0.138. The normalized spacial score (nSPS) is 12.2. The van der Waals surface area contributed by atoms with E-state index in [2.05, 4.69) is 27.0 Å². The smallest absolute Gasteiger partial charge is 0.333 e. The van der Waals surface area contributed by atoms with Gasteiger partial charge in [-0.1, -0.05) is 78.5 Å². The van der Waals surface area contributed by atoms with Crippen LogP contribution < -0.4 is 4.74 Å². The van der Waals surface area contributed by atoms with Crippen molar-refractivity contribution >= 4 is 47.7 Å². The summed E-state index contributed by atoms with van der Waals surface area (Å²) in [6.07, 6.45) is 0. The number of phenolic OH excluding ortho intramolecular Hbond substituents is 3. The Kier molecular flexibility index (Phi) is 14.0. The van der Waals surface area contributed by atoms with E-state index in [9.17, 15) is 36.9 Å². The highest BCUT2D eigenvalue weighted by atomic mass is 32.2. The van der Waals surface area contributed by atoms with Crippen molar-refractivity contribution < 1.29 is 51.5 Å². The van der Waals surface area contributed by atoms with Gasteiger partial charge in [0.15, 0.2) is 19.7 Å². The molecule has 0 atom stereocenters. The maximum absolute atomic E-state index is 12.6. The van der Waals surface area contributed by atoms with E-state index in [1.807, 2.05) is 77.9 Å². The molecule has 0 aliphatic heterocycles. The SMILES string of the molecule is C=C(C)C(=O)OCCS(=O)(=O)c1ccc2nn(-c3cc(O)cc(C(C)(C)C)c3O)nc2c1.CC(C)(C)c1cc(OCc2ccccc2)cc(-n2nc3ccc(S(=O)(=O)CCO)cc3n2)c1O. The molecular formula is C47H52N6O11S2. The van der Waals surface area contributed by atoms with Gasteiger partial charge in [0.25, 0.3) is 0 Å². The number of hydrogen-bond donors (Lipinski definition) is 4. The topological polar surface area (TPSA) is 246 Å². The Morgan fingerprint density at radius 3 is 1.64 bits per heavy atom. The molecule has 0 bridgehead atoms. The molecule has 2 heterocycles. The van der Waals surface area contributed by atoms with E-state index in [-0.39, 0.29) is 61.6 Å². The lowest BCUT2D eigenvalue weighted by Crippen LogP contribution is -2.16. The maximum Gasteiger partial charge on any atom is 0.333 e. The largest absolute Gasteiger partial charge is 0.508 e. The second-order valence-electron chi connectivity index (χ2n) is 17.5. The number of aromatic nitrogens is 6. The molecule has 7 aromatic rings. The molecule has 17 nitrogen and oxygen atoms in total. The average molecular weight is 941 g/mol. The second kappa shape index (κ2) is 18.9. The van der Waals surface area contributed by atoms with Crippen molar-refractivity contribution in [1.29, 1.82) is 0 Å². The molecule has 0 aliphatic carbocycles. The van der Waals surface area contributed by atoms with Crippen molar-refractivity contribution in [1.82, 2.24) is 30.0 Å². The van der Waals surface area contributed by atoms with Crippen LogP contribution >= 0.6 is 0 Å². The van der Waals surface area contributed by atoms with E-state index < -0.39 is 43.4 Å². The molecule has 0 saturated heterocycles. The fourth-order valence-electron chi connectivity index (χ4n) is 6.58. The summed E-state index contributed by atoms with van der Waals surface area (Å²) in [5.74, 6) is -0.988. The van der Waals surface area contributed by atoms with Gasteiger partial charge in [0.05, 0.1) is 27.9 Å². The zero-order valence-corrected chi connectivity index (χ0v) is 39.2. The third-order valence-electron chi connectivity index (χ3n) is 10.1. The van der Waals surface area contributed by atoms with Gasteiger partial charge in [0.2, 0.25) is 0 Å². The van der Waals surface area contributed by atoms with Crippen LogP contribution in [-0.2, 0) is 46.6 Å². The molecule has 5 aromatic carbocycles. The van der Waals surface area contributed by atoms with Crippen molar-refractivity contribution in [3.8, 4) is 34.4 Å². The molecule has 0 unspecified atom stereocenters. The molecule has 0 radical (unpaired) electrons. The number of esters is 1. The first-order valence-corrected chi connectivity index (χ1v) is 23.9. The van der Waals surface area contributed by atoms with Gasteiger partial charge in [-0.25, -0.2) is 21.6 Å². The number of hydrogen-bond acceptors (Lipinski definition) is 15. The number of carbonyl (C=O) groups excluding carboxylic acids is 1. The van der Waals surface area contributed by atoms with Crippen molar-refractivity contribution in [2.75, 3.05) is 24.7 Å². The van der Waals surface area contributed by atoms with Crippen LogP contribution in [0.2, 0.25) is 0 Å². The second-order valence-corrected chi connectivity index (χ2v) is 21.7. The Bertz CT molecular complexity index is 3170. The van der Waals surface area contributed by atoms with E-state index in [4.69, 9.17) is 14.6 Å². The van der Waals surface area contributed by atoms with Gasteiger partial charge in [-0.05, 0) is 71.8 Å². The highest BCUT2D eigenvalue weighted by Crippen LogP contribution is 2.40. The molecule has 0 fully saturated rings. The van der Waals surface area contributed by atoms with Crippen LogP contribution in [0, 0.1) is 0 Å². The summed E-state index contributed by atoms with van der Waals surface area (Å²) in [5.41, 5.74) is 3.54. The number of aliphatic hydroxyl groups excluding tert-OH is 1. The Labute approximate surface area is 382 Å². The van der Waals surface area contributed by atoms with Gasteiger partial charge in [0, 0.05) is 28.8 Å². The van der Waals surface area contributed by atoms with Crippen LogP contribution in [0.3, 0.4) is 0 Å². The number of fused-ring (bicyclic) bond motifs is 2. The first kappa shape index (κ1) is 48.6. The van der Waals surface area contributed by atoms with E-state index >= 15 is 0 Å². The van der Waals surface area contributed by atoms with Gasteiger partial charge < -0.3 is 29.9 Å². The number of carbonyl (C=O) groups is 1. The maximum atomic E-state index is 12.6. The number of rotatable bonds is 13. The Morgan fingerprint density at radius 2 is 1.14 bits per heavy atom. The van der Waals surface area contributed by atoms with E-state index in [1.54, 1.807) is 12.1 Å². The molecule has 0 saturated carbocycles. The van der Waals surface area contributed by atoms with Gasteiger partial charge >= 0.3 is 5.97 Å². The summed E-state index contributed by atoms with van der Waals surface area (Å²) in [6, 6.07) is 24.7. The highest BCUT2D eigenvalue weighted by molar-refractivity contribution is 7.91. The van der Waals surface area contributed by atoms with Crippen LogP contribution in [-0.4, -0.2) is 97.9 Å². The molecule has 19 heteroatoms. The number of nitrogens with zero attached hydrogens (tertiary/aromatic N) is 6. The number of benzene rings is 5. The third-order valence-corrected chi connectivity index (χ3v) is 13.5. The van der Waals surface area contributed by atoms with Crippen LogP contribution in [0.5, 0.6) is 23.0 Å². The predicted molar refractivity (Wildman–Crippen MR) is 248 cm³/mol. The number of aliphatic hydroxyl groups is 1. The van der Waals surface area contributed by atoms with E-state index in [0.717, 1.165) is 10.4 Å². The summed E-state index contributed by atoms with van der Waals surface area (Å²) in [4.78, 5) is 13.9. The Morgan fingerprint density at radius 1 is 0.652 bits per heavy atom. The summed E-state index contributed by atoms with van der Waals surface area (Å²) < 4.78 is 60.8. The van der Waals surface area contributed by atoms with Crippen molar-refractivity contribution in [3.63, 3.8) is 0 Å². The molecule has 66 heavy (non-hydrogen) atoms. The predicted octanol–water partition coefficient (Wildman–Crippen LogP) is 6.79. The number of ether oxygens (including phenoxy) is 2. The van der Waals surface area contributed by atoms with Gasteiger partial charge in [0.1, 0.15) is 69.7 Å². The summed E-state index contributed by atoms with van der Waals surface area (Å²) in [5, 5.41) is 58.4. The summed E-state index contributed by atoms with van der Waals surface area (Å²) in [7, 11) is -7.37. The molecule has 4 N–H and O–H groups in total. The van der Waals surface area contributed by atoms with Gasteiger partial charge in [-0.3, -0.25) is 0 Å². The highest BCUT2D eigenvalue weighted by Gasteiger charge is 2.26. The summed E-state index contributed by atoms with van der Waals surface area (Å²) >= 11 is 0. The lowest BCUT2D eigenvalue weighted by Gasteiger charge is -2.23. The van der Waals surface area contributed by atoms with Crippen LogP contribution in [0.15, 0.2) is 113 Å². The van der Waals surface area contributed by atoms with E-state index in [0.29, 0.717) is 45.7 Å². The molecular weight excluding hydrogens is 889 g/mol. The van der Waals surface area contributed by atoms with Gasteiger partial charge in [-0.2, -0.15) is 0 Å². The van der Waals surface area contributed by atoms with E-state index in [1.165, 1.54) is 54.2 Å². The molecule has 0 spiro atoms. The molecule has 2 aromatic heterocycles. The minimum absolute atomic E-state index is 0.000986. The van der Waals surface area contributed by atoms with Crippen molar-refractivity contribution in [2.24, 2.45) is 0 Å². The number of sulfone groups is 2. The zero-order valence-electron chi connectivity index (χ0n) is 37.5. The fraction of sp³-hybridized carbons (Fsp3) is 0.298. The number of aromatic hydroxyl groups is 3. The summed E-state index contributed by atoms with van der Waals surface area (Å²) in [6.45, 7) is 16.1. The van der Waals surface area contributed by atoms with Crippen LogP contribution in [0.25, 0.3) is 33.4 Å². The fourth-order valence-corrected chi connectivity index (χ4v) is 8.73. The third kappa shape index (κ3) is 11.2. The van der Waals surface area contributed by atoms with Gasteiger partial charge in [-0.15, -0.1) is 30.0 Å². The molecule has 0 amide bonds.